The van der Waals surface area contributed by atoms with Gasteiger partial charge in [0.15, 0.2) is 0 Å². The van der Waals surface area contributed by atoms with Gasteiger partial charge in [-0.1, -0.05) is 72.5 Å². The first kappa shape index (κ1) is 22.3. The molecule has 4 rings (SSSR count). The maximum Gasteiger partial charge on any atom is 0.266 e. The molecule has 0 aliphatic carbocycles. The number of halogens is 2. The molecule has 0 saturated carbocycles. The van der Waals surface area contributed by atoms with Crippen molar-refractivity contribution in [1.29, 1.82) is 0 Å². The zero-order valence-corrected chi connectivity index (χ0v) is 21.1. The van der Waals surface area contributed by atoms with Crippen LogP contribution in [0.25, 0.3) is 16.8 Å². The van der Waals surface area contributed by atoms with E-state index in [-0.39, 0.29) is 5.91 Å². The van der Waals surface area contributed by atoms with Crippen LogP contribution in [-0.2, 0) is 11.4 Å². The van der Waals surface area contributed by atoms with Crippen LogP contribution in [0.15, 0.2) is 81.1 Å². The molecule has 3 aromatic rings. The molecule has 1 heterocycles. The minimum Gasteiger partial charge on any atom is -0.487 e. The summed E-state index contributed by atoms with van der Waals surface area (Å²) in [5, 5.41) is 2.36. The minimum atomic E-state index is -0.0987. The predicted octanol–water partition coefficient (Wildman–Crippen LogP) is 7.33. The van der Waals surface area contributed by atoms with E-state index in [1.165, 1.54) is 22.5 Å². The van der Waals surface area contributed by atoms with E-state index in [0.717, 1.165) is 20.1 Å². The third-order valence-electron chi connectivity index (χ3n) is 4.76. The molecule has 1 fully saturated rings. The van der Waals surface area contributed by atoms with Gasteiger partial charge in [0, 0.05) is 6.54 Å². The fourth-order valence-corrected chi connectivity index (χ4v) is 6.03. The van der Waals surface area contributed by atoms with Crippen molar-refractivity contribution in [3.8, 4) is 5.75 Å². The van der Waals surface area contributed by atoms with Crippen LogP contribution in [-0.4, -0.2) is 21.7 Å². The smallest absolute Gasteiger partial charge is 0.266 e. The van der Waals surface area contributed by atoms with Crippen LogP contribution in [0.2, 0.25) is 0 Å². The maximum atomic E-state index is 12.6. The standard InChI is InChI=1S/C24H17Br2NO2S2/c1-2-10-27-23(28)21(31-24(27)30)13-15-11-19(25)22(20(26)12-15)29-14-17-8-5-7-16-6-3-4-9-18(16)17/h2-9,11-13H,1,10,14H2/b21-13+. The third-order valence-corrected chi connectivity index (χ3v) is 7.31. The second-order valence-electron chi connectivity index (χ2n) is 6.82. The SMILES string of the molecule is C=CCN1C(=O)/C(=C\c2cc(Br)c(OCc3cccc4ccccc34)c(Br)c2)SC1=S. The fraction of sp³-hybridized carbons (Fsp3) is 0.0833. The molecule has 7 heteroatoms. The number of carbonyl (C=O) groups excluding carboxylic acids is 1. The maximum absolute atomic E-state index is 12.6. The van der Waals surface area contributed by atoms with Gasteiger partial charge in [0.25, 0.3) is 5.91 Å². The van der Waals surface area contributed by atoms with Crippen molar-refractivity contribution in [3.63, 3.8) is 0 Å². The normalized spacial score (nSPS) is 15.2. The Labute approximate surface area is 207 Å². The number of carbonyl (C=O) groups is 1. The summed E-state index contributed by atoms with van der Waals surface area (Å²) < 4.78 is 8.29. The van der Waals surface area contributed by atoms with Crippen LogP contribution in [0.4, 0.5) is 0 Å². The Morgan fingerprint density at radius 3 is 2.55 bits per heavy atom. The summed E-state index contributed by atoms with van der Waals surface area (Å²) >= 11 is 13.8. The monoisotopic (exact) mass is 573 g/mol. The Kier molecular flexibility index (Phi) is 6.96. The molecule has 0 bridgehead atoms. The molecule has 0 atom stereocenters. The van der Waals surface area contributed by atoms with Crippen molar-refractivity contribution >= 4 is 82.9 Å². The number of hydrogen-bond acceptors (Lipinski definition) is 4. The summed E-state index contributed by atoms with van der Waals surface area (Å²) in [5.74, 6) is 0.614. The van der Waals surface area contributed by atoms with Crippen molar-refractivity contribution in [1.82, 2.24) is 4.90 Å². The largest absolute Gasteiger partial charge is 0.487 e. The predicted molar refractivity (Wildman–Crippen MR) is 140 cm³/mol. The quantitative estimate of drug-likeness (QED) is 0.175. The lowest BCUT2D eigenvalue weighted by Gasteiger charge is -2.13. The van der Waals surface area contributed by atoms with Gasteiger partial charge >= 0.3 is 0 Å². The summed E-state index contributed by atoms with van der Waals surface area (Å²) in [5.41, 5.74) is 1.99. The highest BCUT2D eigenvalue weighted by atomic mass is 79.9. The minimum absolute atomic E-state index is 0.0987. The second kappa shape index (κ2) is 9.69. The Balaban J connectivity index is 1.56. The summed E-state index contributed by atoms with van der Waals surface area (Å²) in [6.45, 7) is 4.54. The fourth-order valence-electron chi connectivity index (χ4n) is 3.31. The molecule has 1 aliphatic rings. The molecular formula is C24H17Br2NO2S2. The van der Waals surface area contributed by atoms with Gasteiger partial charge in [0.1, 0.15) is 16.7 Å². The molecule has 0 unspecified atom stereocenters. The first-order valence-electron chi connectivity index (χ1n) is 9.42. The van der Waals surface area contributed by atoms with Gasteiger partial charge in [-0.05, 0) is 72.0 Å². The number of hydrogen-bond donors (Lipinski definition) is 0. The first-order chi connectivity index (χ1) is 15.0. The van der Waals surface area contributed by atoms with E-state index < -0.39 is 0 Å². The zero-order valence-electron chi connectivity index (χ0n) is 16.3. The zero-order chi connectivity index (χ0) is 22.0. The molecule has 156 valence electrons. The van der Waals surface area contributed by atoms with Crippen LogP contribution in [0, 0.1) is 0 Å². The van der Waals surface area contributed by atoms with E-state index >= 15 is 0 Å². The van der Waals surface area contributed by atoms with Gasteiger partial charge in [-0.25, -0.2) is 0 Å². The van der Waals surface area contributed by atoms with E-state index in [1.807, 2.05) is 36.4 Å². The number of amides is 1. The number of fused-ring (bicyclic) bond motifs is 1. The number of thiocarbonyl (C=S) groups is 1. The molecule has 1 amide bonds. The van der Waals surface area contributed by atoms with E-state index in [4.69, 9.17) is 17.0 Å². The Bertz CT molecular complexity index is 1210. The van der Waals surface area contributed by atoms with Gasteiger partial charge < -0.3 is 4.74 Å². The molecule has 0 radical (unpaired) electrons. The van der Waals surface area contributed by atoms with E-state index in [1.54, 1.807) is 11.0 Å². The average Bonchev–Trinajstić information content (AvgIpc) is 3.01. The van der Waals surface area contributed by atoms with Gasteiger partial charge in [-0.3, -0.25) is 9.69 Å². The molecule has 0 N–H and O–H groups in total. The molecule has 0 spiro atoms. The number of rotatable bonds is 6. The van der Waals surface area contributed by atoms with Crippen LogP contribution in [0.5, 0.6) is 5.75 Å². The second-order valence-corrected chi connectivity index (χ2v) is 10.2. The molecule has 3 aromatic carbocycles. The van der Waals surface area contributed by atoms with Gasteiger partial charge in [-0.15, -0.1) is 6.58 Å². The van der Waals surface area contributed by atoms with Crippen molar-refractivity contribution in [2.75, 3.05) is 6.54 Å². The summed E-state index contributed by atoms with van der Waals surface area (Å²) in [4.78, 5) is 14.7. The average molecular weight is 575 g/mol. The van der Waals surface area contributed by atoms with Crippen LogP contribution >= 0.6 is 55.8 Å². The Hall–Kier alpha value is -1.93. The highest BCUT2D eigenvalue weighted by molar-refractivity contribution is 9.11. The van der Waals surface area contributed by atoms with Crippen molar-refractivity contribution in [2.45, 2.75) is 6.61 Å². The van der Waals surface area contributed by atoms with Gasteiger partial charge in [-0.2, -0.15) is 0 Å². The summed E-state index contributed by atoms with van der Waals surface area (Å²) in [6.07, 6.45) is 3.51. The third kappa shape index (κ3) is 4.80. The molecule has 1 aliphatic heterocycles. The first-order valence-corrected chi connectivity index (χ1v) is 12.2. The van der Waals surface area contributed by atoms with Crippen LogP contribution < -0.4 is 4.74 Å². The lowest BCUT2D eigenvalue weighted by molar-refractivity contribution is -0.121. The Morgan fingerprint density at radius 2 is 1.81 bits per heavy atom. The lowest BCUT2D eigenvalue weighted by Crippen LogP contribution is -2.27. The lowest BCUT2D eigenvalue weighted by atomic mass is 10.1. The topological polar surface area (TPSA) is 29.5 Å². The number of thioether (sulfide) groups is 1. The summed E-state index contributed by atoms with van der Waals surface area (Å²) in [6, 6.07) is 18.3. The molecule has 0 aromatic heterocycles. The van der Waals surface area contributed by atoms with Crippen LogP contribution in [0.1, 0.15) is 11.1 Å². The van der Waals surface area contributed by atoms with E-state index in [2.05, 4.69) is 62.7 Å². The van der Waals surface area contributed by atoms with Crippen LogP contribution in [0.3, 0.4) is 0 Å². The molecule has 31 heavy (non-hydrogen) atoms. The highest BCUT2D eigenvalue weighted by Gasteiger charge is 2.31. The Morgan fingerprint density at radius 1 is 1.10 bits per heavy atom. The van der Waals surface area contributed by atoms with E-state index in [0.29, 0.717) is 28.1 Å². The summed E-state index contributed by atoms with van der Waals surface area (Å²) in [7, 11) is 0. The van der Waals surface area contributed by atoms with E-state index in [9.17, 15) is 4.79 Å². The molecular weight excluding hydrogens is 558 g/mol. The molecule has 1 saturated heterocycles. The van der Waals surface area contributed by atoms with Crippen molar-refractivity contribution in [2.24, 2.45) is 0 Å². The van der Waals surface area contributed by atoms with Gasteiger partial charge in [0.05, 0.1) is 13.9 Å². The van der Waals surface area contributed by atoms with Crippen molar-refractivity contribution < 1.29 is 9.53 Å². The number of ether oxygens (including phenoxy) is 1. The number of benzene rings is 3. The molecule has 3 nitrogen and oxygen atoms in total. The van der Waals surface area contributed by atoms with Crippen molar-refractivity contribution in [3.05, 3.63) is 92.2 Å². The highest BCUT2D eigenvalue weighted by Crippen LogP contribution is 2.38. The number of nitrogens with zero attached hydrogens (tertiary/aromatic N) is 1. The van der Waals surface area contributed by atoms with Gasteiger partial charge in [0.2, 0.25) is 0 Å².